The molecule has 0 atom stereocenters. The van der Waals surface area contributed by atoms with Crippen molar-refractivity contribution in [2.75, 3.05) is 13.2 Å². The highest BCUT2D eigenvalue weighted by Gasteiger charge is 2.19. The fraction of sp³-hybridized carbons (Fsp3) is 0.500. The monoisotopic (exact) mass is 244 g/mol. The molecule has 0 aliphatic rings. The summed E-state index contributed by atoms with van der Waals surface area (Å²) < 4.78 is 5.55. The Morgan fingerprint density at radius 2 is 1.87 bits per heavy atom. The van der Waals surface area contributed by atoms with E-state index in [4.69, 9.17) is 16.3 Å². The van der Waals surface area contributed by atoms with Gasteiger partial charge in [-0.15, -0.1) is 11.8 Å². The fourth-order valence-corrected chi connectivity index (χ4v) is 2.38. The van der Waals surface area contributed by atoms with Crippen molar-refractivity contribution in [1.29, 1.82) is 0 Å². The third-order valence-corrected chi connectivity index (χ3v) is 3.29. The molecule has 15 heavy (non-hydrogen) atoms. The van der Waals surface area contributed by atoms with Gasteiger partial charge in [-0.1, -0.05) is 11.6 Å². The summed E-state index contributed by atoms with van der Waals surface area (Å²) in [6, 6.07) is 7.92. The van der Waals surface area contributed by atoms with Crippen molar-refractivity contribution in [3.05, 3.63) is 29.3 Å². The highest BCUT2D eigenvalue weighted by atomic mass is 35.5. The molecule has 1 nitrogen and oxygen atoms in total. The smallest absolute Gasteiger partial charge is 0.0611 e. The van der Waals surface area contributed by atoms with Gasteiger partial charge in [0.25, 0.3) is 0 Å². The Morgan fingerprint density at radius 3 is 2.40 bits per heavy atom. The third kappa shape index (κ3) is 4.92. The molecule has 0 aliphatic carbocycles. The van der Waals surface area contributed by atoms with E-state index in [1.54, 1.807) is 0 Å². The molecule has 0 N–H and O–H groups in total. The second kappa shape index (κ2) is 5.78. The minimum absolute atomic E-state index is 0.101. The first-order chi connectivity index (χ1) is 7.03. The van der Waals surface area contributed by atoms with Gasteiger partial charge >= 0.3 is 0 Å². The average molecular weight is 245 g/mol. The van der Waals surface area contributed by atoms with Gasteiger partial charge in [-0.25, -0.2) is 0 Å². The predicted molar refractivity (Wildman–Crippen MR) is 67.9 cm³/mol. The van der Waals surface area contributed by atoms with Crippen LogP contribution in [0.3, 0.4) is 0 Å². The lowest BCUT2D eigenvalue weighted by atomic mass is 10.2. The minimum atomic E-state index is 0.101. The van der Waals surface area contributed by atoms with E-state index in [-0.39, 0.29) is 4.75 Å². The van der Waals surface area contributed by atoms with Crippen molar-refractivity contribution < 1.29 is 4.74 Å². The van der Waals surface area contributed by atoms with E-state index >= 15 is 0 Å². The SMILES string of the molecule is CCOCC(C)(C)Sc1ccc(Cl)cc1. The topological polar surface area (TPSA) is 9.23 Å². The molecule has 0 heterocycles. The molecule has 0 spiro atoms. The molecule has 84 valence electrons. The highest BCUT2D eigenvalue weighted by Crippen LogP contribution is 2.33. The van der Waals surface area contributed by atoms with E-state index in [9.17, 15) is 0 Å². The summed E-state index contributed by atoms with van der Waals surface area (Å²) in [6.07, 6.45) is 0. The third-order valence-electron chi connectivity index (χ3n) is 1.86. The van der Waals surface area contributed by atoms with E-state index in [0.717, 1.165) is 18.2 Å². The van der Waals surface area contributed by atoms with Crippen LogP contribution in [0.15, 0.2) is 29.2 Å². The molecule has 0 radical (unpaired) electrons. The predicted octanol–water partition coefficient (Wildman–Crippen LogP) is 4.25. The van der Waals surface area contributed by atoms with Crippen molar-refractivity contribution in [3.63, 3.8) is 0 Å². The van der Waals surface area contributed by atoms with E-state index in [2.05, 4.69) is 13.8 Å². The summed E-state index contributed by atoms with van der Waals surface area (Å²) in [5, 5.41) is 0.780. The molecule has 0 aliphatic heterocycles. The maximum absolute atomic E-state index is 5.83. The molecule has 0 aromatic heterocycles. The zero-order chi connectivity index (χ0) is 11.3. The fourth-order valence-electron chi connectivity index (χ4n) is 1.20. The van der Waals surface area contributed by atoms with Crippen LogP contribution in [0.25, 0.3) is 0 Å². The summed E-state index contributed by atoms with van der Waals surface area (Å²) in [5.41, 5.74) is 0. The molecule has 1 aromatic carbocycles. The van der Waals surface area contributed by atoms with E-state index in [0.29, 0.717) is 0 Å². The molecule has 1 aromatic rings. The maximum atomic E-state index is 5.83. The Balaban J connectivity index is 2.56. The van der Waals surface area contributed by atoms with Gasteiger partial charge in [-0.3, -0.25) is 0 Å². The second-order valence-corrected chi connectivity index (χ2v) is 6.17. The molecule has 3 heteroatoms. The normalized spacial score (nSPS) is 11.7. The average Bonchev–Trinajstić information content (AvgIpc) is 2.18. The Hall–Kier alpha value is -0.180. The number of ether oxygens (including phenoxy) is 1. The number of halogens is 1. The molecule has 0 saturated carbocycles. The number of hydrogen-bond acceptors (Lipinski definition) is 2. The molecular weight excluding hydrogens is 228 g/mol. The van der Waals surface area contributed by atoms with Crippen LogP contribution >= 0.6 is 23.4 Å². The first kappa shape index (κ1) is 12.9. The Bertz CT molecular complexity index is 295. The van der Waals surface area contributed by atoms with E-state index in [1.165, 1.54) is 4.90 Å². The van der Waals surface area contributed by atoms with Crippen LogP contribution in [0.1, 0.15) is 20.8 Å². The van der Waals surface area contributed by atoms with Crippen LogP contribution in [-0.4, -0.2) is 18.0 Å². The number of rotatable bonds is 5. The second-order valence-electron chi connectivity index (χ2n) is 3.95. The molecule has 0 saturated heterocycles. The number of benzene rings is 1. The summed E-state index contributed by atoms with van der Waals surface area (Å²) in [5.74, 6) is 0. The summed E-state index contributed by atoms with van der Waals surface area (Å²) in [4.78, 5) is 1.23. The van der Waals surface area contributed by atoms with Crippen molar-refractivity contribution in [2.24, 2.45) is 0 Å². The zero-order valence-electron chi connectivity index (χ0n) is 9.42. The van der Waals surface area contributed by atoms with Crippen molar-refractivity contribution in [2.45, 2.75) is 30.4 Å². The van der Waals surface area contributed by atoms with Crippen LogP contribution in [0.5, 0.6) is 0 Å². The lowest BCUT2D eigenvalue weighted by molar-refractivity contribution is 0.132. The Kier molecular flexibility index (Phi) is 4.97. The largest absolute Gasteiger partial charge is 0.380 e. The summed E-state index contributed by atoms with van der Waals surface area (Å²) >= 11 is 7.64. The van der Waals surface area contributed by atoms with Gasteiger partial charge < -0.3 is 4.74 Å². The minimum Gasteiger partial charge on any atom is -0.380 e. The van der Waals surface area contributed by atoms with E-state index < -0.39 is 0 Å². The maximum Gasteiger partial charge on any atom is 0.0611 e. The van der Waals surface area contributed by atoms with Crippen molar-refractivity contribution in [3.8, 4) is 0 Å². The zero-order valence-corrected chi connectivity index (χ0v) is 11.0. The Morgan fingerprint density at radius 1 is 1.27 bits per heavy atom. The summed E-state index contributed by atoms with van der Waals surface area (Å²) in [7, 11) is 0. The molecule has 0 bridgehead atoms. The van der Waals surface area contributed by atoms with Crippen LogP contribution in [0.2, 0.25) is 5.02 Å². The van der Waals surface area contributed by atoms with Crippen LogP contribution in [-0.2, 0) is 4.74 Å². The van der Waals surface area contributed by atoms with Crippen LogP contribution < -0.4 is 0 Å². The van der Waals surface area contributed by atoms with Gasteiger partial charge in [0.05, 0.1) is 6.61 Å². The molecule has 0 amide bonds. The quantitative estimate of drug-likeness (QED) is 0.717. The first-order valence-electron chi connectivity index (χ1n) is 5.06. The van der Waals surface area contributed by atoms with Gasteiger partial charge in [0, 0.05) is 21.3 Å². The molecule has 0 fully saturated rings. The van der Waals surface area contributed by atoms with Gasteiger partial charge in [-0.05, 0) is 45.0 Å². The van der Waals surface area contributed by atoms with Gasteiger partial charge in [0.1, 0.15) is 0 Å². The van der Waals surface area contributed by atoms with Crippen LogP contribution in [0.4, 0.5) is 0 Å². The van der Waals surface area contributed by atoms with Gasteiger partial charge in [0.15, 0.2) is 0 Å². The Labute approximate surface area is 101 Å². The van der Waals surface area contributed by atoms with Gasteiger partial charge in [-0.2, -0.15) is 0 Å². The lowest BCUT2D eigenvalue weighted by Gasteiger charge is -2.23. The standard InChI is InChI=1S/C12H17ClOS/c1-4-14-9-12(2,3)15-11-7-5-10(13)6-8-11/h5-8H,4,9H2,1-3H3. The van der Waals surface area contributed by atoms with Crippen LogP contribution in [0, 0.1) is 0 Å². The molecule has 1 rings (SSSR count). The van der Waals surface area contributed by atoms with Crippen molar-refractivity contribution >= 4 is 23.4 Å². The lowest BCUT2D eigenvalue weighted by Crippen LogP contribution is -2.22. The van der Waals surface area contributed by atoms with E-state index in [1.807, 2.05) is 43.0 Å². The number of thioether (sulfide) groups is 1. The van der Waals surface area contributed by atoms with Crippen molar-refractivity contribution in [1.82, 2.24) is 0 Å². The molecular formula is C12H17ClOS. The highest BCUT2D eigenvalue weighted by molar-refractivity contribution is 8.00. The molecule has 0 unspecified atom stereocenters. The first-order valence-corrected chi connectivity index (χ1v) is 6.25. The van der Waals surface area contributed by atoms with Gasteiger partial charge in [0.2, 0.25) is 0 Å². The summed E-state index contributed by atoms with van der Waals surface area (Å²) in [6.45, 7) is 7.91. The number of hydrogen-bond donors (Lipinski definition) is 0.